The quantitative estimate of drug-likeness (QED) is 0.353. The molecule has 1 aliphatic rings. The first-order valence-electron chi connectivity index (χ1n) is 9.93. The van der Waals surface area contributed by atoms with E-state index in [1.165, 1.54) is 17.4 Å². The van der Waals surface area contributed by atoms with Crippen LogP contribution in [0.3, 0.4) is 0 Å². The molecule has 4 aromatic rings. The van der Waals surface area contributed by atoms with E-state index in [0.717, 1.165) is 16.7 Å². The van der Waals surface area contributed by atoms with Crippen molar-refractivity contribution < 1.29 is 19.0 Å². The van der Waals surface area contributed by atoms with Crippen LogP contribution in [0.25, 0.3) is 27.4 Å². The summed E-state index contributed by atoms with van der Waals surface area (Å²) in [5.41, 5.74) is 2.30. The van der Waals surface area contributed by atoms with Crippen molar-refractivity contribution in [2.45, 2.75) is 13.0 Å². The number of carbonyl (C=O) groups is 1. The molecule has 2 aromatic heterocycles. The molecule has 160 valence electrons. The topological polar surface area (TPSA) is 90.5 Å². The van der Waals surface area contributed by atoms with Crippen LogP contribution in [0.15, 0.2) is 64.8 Å². The first-order chi connectivity index (χ1) is 15.6. The summed E-state index contributed by atoms with van der Waals surface area (Å²) in [6, 6.07) is 15.1. The van der Waals surface area contributed by atoms with E-state index < -0.39 is 12.1 Å². The molecule has 3 heterocycles. The summed E-state index contributed by atoms with van der Waals surface area (Å²) in [7, 11) is 0. The van der Waals surface area contributed by atoms with Crippen molar-refractivity contribution in [1.29, 1.82) is 0 Å². The second-order valence-electron chi connectivity index (χ2n) is 7.17. The molecule has 0 aliphatic carbocycles. The van der Waals surface area contributed by atoms with Gasteiger partial charge in [0.25, 0.3) is 5.56 Å². The van der Waals surface area contributed by atoms with Crippen molar-refractivity contribution >= 4 is 33.6 Å². The molecule has 0 saturated carbocycles. The van der Waals surface area contributed by atoms with Crippen LogP contribution in [0.4, 0.5) is 0 Å². The van der Waals surface area contributed by atoms with Gasteiger partial charge in [0.15, 0.2) is 23.4 Å². The zero-order valence-electron chi connectivity index (χ0n) is 17.0. The van der Waals surface area contributed by atoms with E-state index in [-0.39, 0.29) is 12.4 Å². The average molecular weight is 446 g/mol. The number of rotatable bonds is 5. The highest BCUT2D eigenvalue weighted by molar-refractivity contribution is 7.17. The van der Waals surface area contributed by atoms with E-state index in [1.807, 2.05) is 41.8 Å². The average Bonchev–Trinajstić information content (AvgIpc) is 3.45. The SMILES string of the molecule is CC(OC(=O)C=Cc1ccc2c(c1)OCO2)c1nc2scc(-c3ccccc3)c2c(=O)[nH]1. The number of ether oxygens (including phenoxy) is 3. The molecule has 0 fully saturated rings. The first kappa shape index (κ1) is 20.0. The predicted molar refractivity (Wildman–Crippen MR) is 122 cm³/mol. The van der Waals surface area contributed by atoms with Crippen LogP contribution in [-0.4, -0.2) is 22.7 Å². The monoisotopic (exact) mass is 446 g/mol. The van der Waals surface area contributed by atoms with E-state index >= 15 is 0 Å². The number of aromatic nitrogens is 2. The van der Waals surface area contributed by atoms with Gasteiger partial charge in [-0.25, -0.2) is 9.78 Å². The Kier molecular flexibility index (Phi) is 5.20. The number of H-pyrrole nitrogens is 1. The van der Waals surface area contributed by atoms with Gasteiger partial charge < -0.3 is 19.2 Å². The Hall–Kier alpha value is -3.91. The summed E-state index contributed by atoms with van der Waals surface area (Å²) in [6.07, 6.45) is 2.23. The van der Waals surface area contributed by atoms with E-state index in [0.29, 0.717) is 27.5 Å². The smallest absolute Gasteiger partial charge is 0.331 e. The maximum Gasteiger partial charge on any atom is 0.331 e. The van der Waals surface area contributed by atoms with Gasteiger partial charge in [0.05, 0.1) is 5.39 Å². The number of carbonyl (C=O) groups excluding carboxylic acids is 1. The summed E-state index contributed by atoms with van der Waals surface area (Å²) in [5.74, 6) is 1.06. The molecule has 0 bridgehead atoms. The number of esters is 1. The molecule has 0 spiro atoms. The fourth-order valence-electron chi connectivity index (χ4n) is 3.44. The van der Waals surface area contributed by atoms with Crippen LogP contribution in [0, 0.1) is 0 Å². The minimum absolute atomic E-state index is 0.189. The summed E-state index contributed by atoms with van der Waals surface area (Å²) in [6.45, 7) is 1.86. The zero-order valence-corrected chi connectivity index (χ0v) is 17.8. The lowest BCUT2D eigenvalue weighted by Crippen LogP contribution is -2.16. The number of aromatic amines is 1. The van der Waals surface area contributed by atoms with Crippen LogP contribution in [0.2, 0.25) is 0 Å². The number of hydrogen-bond acceptors (Lipinski definition) is 7. The van der Waals surface area contributed by atoms with Gasteiger partial charge in [0.2, 0.25) is 6.79 Å². The molecule has 0 saturated heterocycles. The molecule has 0 amide bonds. The number of hydrogen-bond donors (Lipinski definition) is 1. The van der Waals surface area contributed by atoms with E-state index in [9.17, 15) is 9.59 Å². The Labute approximate surface area is 186 Å². The van der Waals surface area contributed by atoms with E-state index in [1.54, 1.807) is 25.1 Å². The van der Waals surface area contributed by atoms with Gasteiger partial charge in [0.1, 0.15) is 4.83 Å². The van der Waals surface area contributed by atoms with Crippen molar-refractivity contribution in [2.24, 2.45) is 0 Å². The Morgan fingerprint density at radius 1 is 1.19 bits per heavy atom. The number of nitrogens with zero attached hydrogens (tertiary/aromatic N) is 1. The molecule has 1 unspecified atom stereocenters. The highest BCUT2D eigenvalue weighted by atomic mass is 32.1. The molecule has 1 aliphatic heterocycles. The van der Waals surface area contributed by atoms with Crippen LogP contribution < -0.4 is 15.0 Å². The molecule has 8 heteroatoms. The normalized spacial score (nSPS) is 13.5. The Morgan fingerprint density at radius 2 is 2.00 bits per heavy atom. The fourth-order valence-corrected chi connectivity index (χ4v) is 4.39. The highest BCUT2D eigenvalue weighted by Gasteiger charge is 2.18. The van der Waals surface area contributed by atoms with Crippen LogP contribution in [-0.2, 0) is 9.53 Å². The van der Waals surface area contributed by atoms with Gasteiger partial charge in [-0.3, -0.25) is 4.79 Å². The molecule has 2 aromatic carbocycles. The van der Waals surface area contributed by atoms with Crippen molar-refractivity contribution in [3.63, 3.8) is 0 Å². The van der Waals surface area contributed by atoms with Crippen molar-refractivity contribution in [1.82, 2.24) is 9.97 Å². The van der Waals surface area contributed by atoms with Crippen LogP contribution in [0.1, 0.15) is 24.4 Å². The lowest BCUT2D eigenvalue weighted by Gasteiger charge is -2.11. The molecule has 5 rings (SSSR count). The first-order valence-corrected chi connectivity index (χ1v) is 10.8. The minimum Gasteiger partial charge on any atom is -0.454 e. The third kappa shape index (κ3) is 3.88. The minimum atomic E-state index is -0.719. The third-order valence-corrected chi connectivity index (χ3v) is 5.91. The summed E-state index contributed by atoms with van der Waals surface area (Å²) in [4.78, 5) is 33.0. The van der Waals surface area contributed by atoms with Gasteiger partial charge in [-0.2, -0.15) is 0 Å². The van der Waals surface area contributed by atoms with Crippen molar-refractivity contribution in [2.75, 3.05) is 6.79 Å². The Morgan fingerprint density at radius 3 is 2.84 bits per heavy atom. The largest absolute Gasteiger partial charge is 0.454 e. The van der Waals surface area contributed by atoms with Gasteiger partial charge in [0, 0.05) is 17.0 Å². The highest BCUT2D eigenvalue weighted by Crippen LogP contribution is 2.33. The Bertz CT molecular complexity index is 1390. The summed E-state index contributed by atoms with van der Waals surface area (Å²) in [5, 5.41) is 2.45. The molecule has 32 heavy (non-hydrogen) atoms. The van der Waals surface area contributed by atoms with Gasteiger partial charge in [-0.05, 0) is 36.3 Å². The standard InChI is InChI=1S/C24H18N2O5S/c1-14(31-20(27)10-8-15-7-9-18-19(11-15)30-13-29-18)22-25-23(28)21-17(12-32-24(21)26-22)16-5-3-2-4-6-16/h2-12,14H,13H2,1H3,(H,25,26,28). The van der Waals surface area contributed by atoms with Gasteiger partial charge >= 0.3 is 5.97 Å². The maximum atomic E-state index is 12.8. The van der Waals surface area contributed by atoms with Crippen molar-refractivity contribution in [3.05, 3.63) is 81.7 Å². The lowest BCUT2D eigenvalue weighted by atomic mass is 10.1. The van der Waals surface area contributed by atoms with Gasteiger partial charge in [-0.1, -0.05) is 36.4 Å². The molecule has 1 N–H and O–H groups in total. The van der Waals surface area contributed by atoms with Gasteiger partial charge in [-0.15, -0.1) is 11.3 Å². The number of nitrogens with one attached hydrogen (secondary N) is 1. The van der Waals surface area contributed by atoms with E-state index in [4.69, 9.17) is 14.2 Å². The third-order valence-electron chi connectivity index (χ3n) is 5.03. The second-order valence-corrected chi connectivity index (χ2v) is 8.03. The molecular formula is C24H18N2O5S. The fraction of sp³-hybridized carbons (Fsp3) is 0.125. The number of benzene rings is 2. The zero-order chi connectivity index (χ0) is 22.1. The molecule has 7 nitrogen and oxygen atoms in total. The molecular weight excluding hydrogens is 428 g/mol. The predicted octanol–water partition coefficient (Wildman–Crippen LogP) is 4.70. The Balaban J connectivity index is 1.33. The number of thiophene rings is 1. The molecule has 1 atom stereocenters. The number of fused-ring (bicyclic) bond motifs is 2. The second kappa shape index (κ2) is 8.32. The van der Waals surface area contributed by atoms with Crippen LogP contribution >= 0.6 is 11.3 Å². The summed E-state index contributed by atoms with van der Waals surface area (Å²) >= 11 is 1.38. The van der Waals surface area contributed by atoms with E-state index in [2.05, 4.69) is 9.97 Å². The van der Waals surface area contributed by atoms with Crippen molar-refractivity contribution in [3.8, 4) is 22.6 Å². The molecule has 0 radical (unpaired) electrons. The lowest BCUT2D eigenvalue weighted by molar-refractivity contribution is -0.142. The van der Waals surface area contributed by atoms with Crippen LogP contribution in [0.5, 0.6) is 11.5 Å². The maximum absolute atomic E-state index is 12.8. The summed E-state index contributed by atoms with van der Waals surface area (Å²) < 4.78 is 16.0.